The minimum Gasteiger partial charge on any atom is -0.298 e. The molecule has 1 atom stereocenters. The molecule has 0 aliphatic carbocycles. The topological polar surface area (TPSA) is 107 Å². The lowest BCUT2D eigenvalue weighted by atomic mass is 9.99. The SMILES string of the molecule is CC.Cc1ccc(C(=O)Nc2nccs2)cc1-c1nc(S(C)=O)nc2c1ccc(=O)n2-c1c(F)cccc1F. The molecular weight excluding hydrogens is 544 g/mol. The summed E-state index contributed by atoms with van der Waals surface area (Å²) >= 11 is 1.27. The first kappa shape index (κ1) is 27.9. The second-order valence-corrected chi connectivity index (χ2v) is 10.1. The Labute approximate surface area is 228 Å². The van der Waals surface area contributed by atoms with E-state index in [0.29, 0.717) is 21.8 Å². The van der Waals surface area contributed by atoms with Crippen molar-refractivity contribution in [2.75, 3.05) is 11.6 Å². The molecule has 1 amide bonds. The number of hydrogen-bond acceptors (Lipinski definition) is 7. The molecule has 1 unspecified atom stereocenters. The molecule has 0 saturated carbocycles. The molecule has 5 rings (SSSR count). The van der Waals surface area contributed by atoms with Crippen LogP contribution in [-0.4, -0.2) is 35.9 Å². The summed E-state index contributed by atoms with van der Waals surface area (Å²) in [5.41, 5.74) is 0.297. The monoisotopic (exact) mass is 567 g/mol. The molecule has 3 heterocycles. The lowest BCUT2D eigenvalue weighted by Crippen LogP contribution is -2.21. The molecule has 0 saturated heterocycles. The molecule has 0 aliphatic rings. The van der Waals surface area contributed by atoms with Crippen molar-refractivity contribution in [3.05, 3.63) is 93.2 Å². The molecule has 2 aromatic carbocycles. The first-order valence-electron chi connectivity index (χ1n) is 11.8. The first-order chi connectivity index (χ1) is 18.7. The number of anilines is 1. The van der Waals surface area contributed by atoms with Gasteiger partial charge in [-0.05, 0) is 42.8 Å². The summed E-state index contributed by atoms with van der Waals surface area (Å²) in [6.07, 6.45) is 2.92. The summed E-state index contributed by atoms with van der Waals surface area (Å²) in [5, 5.41) is 5.00. The van der Waals surface area contributed by atoms with Gasteiger partial charge in [-0.25, -0.2) is 23.7 Å². The van der Waals surface area contributed by atoms with Gasteiger partial charge in [0, 0.05) is 40.4 Å². The molecule has 0 spiro atoms. The number of thiazole rings is 1. The van der Waals surface area contributed by atoms with Gasteiger partial charge in [-0.15, -0.1) is 11.3 Å². The van der Waals surface area contributed by atoms with Crippen LogP contribution in [0.1, 0.15) is 29.8 Å². The number of aromatic nitrogens is 4. The van der Waals surface area contributed by atoms with Crippen molar-refractivity contribution in [1.29, 1.82) is 0 Å². The lowest BCUT2D eigenvalue weighted by Gasteiger charge is -2.15. The van der Waals surface area contributed by atoms with Crippen LogP contribution in [0.4, 0.5) is 13.9 Å². The molecule has 0 aliphatic heterocycles. The molecule has 5 aromatic rings. The van der Waals surface area contributed by atoms with Crippen LogP contribution in [-0.2, 0) is 10.8 Å². The molecule has 3 aromatic heterocycles. The Kier molecular flexibility index (Phi) is 8.36. The summed E-state index contributed by atoms with van der Waals surface area (Å²) in [5.74, 6) is -2.34. The van der Waals surface area contributed by atoms with E-state index >= 15 is 0 Å². The zero-order valence-corrected chi connectivity index (χ0v) is 23.0. The number of para-hydroxylation sites is 1. The molecule has 200 valence electrons. The van der Waals surface area contributed by atoms with E-state index < -0.39 is 39.6 Å². The Morgan fingerprint density at radius 1 is 1.05 bits per heavy atom. The van der Waals surface area contributed by atoms with Crippen LogP contribution in [0.3, 0.4) is 0 Å². The standard InChI is InChI=1S/C25H17F2N5O3S2.C2H6/c1-13-6-7-14(23(34)31-24-28-10-11-36-24)12-16(13)20-15-8-9-19(33)32(21-17(26)4-3-5-18(21)27)22(15)30-25(29-20)37(2)35;1-2/h3-12H,1-2H3,(H,28,31,34);1-2H3. The smallest absolute Gasteiger partial charge is 0.257 e. The fraction of sp³-hybridized carbons (Fsp3) is 0.148. The highest BCUT2D eigenvalue weighted by atomic mass is 32.2. The van der Waals surface area contributed by atoms with Gasteiger partial charge in [0.1, 0.15) is 17.3 Å². The van der Waals surface area contributed by atoms with Crippen LogP contribution < -0.4 is 10.9 Å². The Morgan fingerprint density at radius 3 is 2.41 bits per heavy atom. The number of rotatable bonds is 5. The van der Waals surface area contributed by atoms with Gasteiger partial charge in [-0.2, -0.15) is 0 Å². The lowest BCUT2D eigenvalue weighted by molar-refractivity contribution is 0.102. The van der Waals surface area contributed by atoms with Crippen LogP contribution >= 0.6 is 11.3 Å². The van der Waals surface area contributed by atoms with E-state index in [0.717, 1.165) is 22.8 Å². The van der Waals surface area contributed by atoms with Crippen LogP contribution in [0.5, 0.6) is 0 Å². The van der Waals surface area contributed by atoms with Crippen molar-refractivity contribution in [2.45, 2.75) is 25.9 Å². The predicted octanol–water partition coefficient (Wildman–Crippen LogP) is 5.51. The predicted molar refractivity (Wildman–Crippen MR) is 149 cm³/mol. The maximum absolute atomic E-state index is 14.7. The van der Waals surface area contributed by atoms with Crippen molar-refractivity contribution in [3.63, 3.8) is 0 Å². The maximum atomic E-state index is 14.7. The van der Waals surface area contributed by atoms with Crippen LogP contribution in [0, 0.1) is 18.6 Å². The maximum Gasteiger partial charge on any atom is 0.257 e. The normalized spacial score (nSPS) is 11.5. The average molecular weight is 568 g/mol. The van der Waals surface area contributed by atoms with Crippen molar-refractivity contribution in [3.8, 4) is 16.9 Å². The van der Waals surface area contributed by atoms with Gasteiger partial charge in [0.25, 0.3) is 11.5 Å². The van der Waals surface area contributed by atoms with Gasteiger partial charge < -0.3 is 0 Å². The molecule has 39 heavy (non-hydrogen) atoms. The number of nitrogens with zero attached hydrogens (tertiary/aromatic N) is 4. The van der Waals surface area contributed by atoms with E-state index in [1.165, 1.54) is 29.7 Å². The first-order valence-corrected chi connectivity index (χ1v) is 14.2. The van der Waals surface area contributed by atoms with E-state index in [1.54, 1.807) is 36.7 Å². The minimum atomic E-state index is -1.70. The largest absolute Gasteiger partial charge is 0.298 e. The Balaban J connectivity index is 0.00000172. The highest BCUT2D eigenvalue weighted by molar-refractivity contribution is 7.84. The van der Waals surface area contributed by atoms with Gasteiger partial charge >= 0.3 is 0 Å². The minimum absolute atomic E-state index is 0.122. The summed E-state index contributed by atoms with van der Waals surface area (Å²) in [6, 6.07) is 10.8. The number of hydrogen-bond donors (Lipinski definition) is 1. The number of aryl methyl sites for hydroxylation is 1. The zero-order valence-electron chi connectivity index (χ0n) is 21.4. The van der Waals surface area contributed by atoms with Crippen molar-refractivity contribution in [2.24, 2.45) is 0 Å². The number of carbonyl (C=O) groups is 1. The number of carbonyl (C=O) groups excluding carboxylic acids is 1. The van der Waals surface area contributed by atoms with E-state index in [-0.39, 0.29) is 21.9 Å². The molecule has 0 bridgehead atoms. The molecule has 1 N–H and O–H groups in total. The van der Waals surface area contributed by atoms with E-state index in [9.17, 15) is 22.6 Å². The fourth-order valence-corrected chi connectivity index (χ4v) is 4.78. The second-order valence-electron chi connectivity index (χ2n) is 7.94. The van der Waals surface area contributed by atoms with Gasteiger partial charge in [0.15, 0.2) is 10.8 Å². The number of amides is 1. The average Bonchev–Trinajstić information content (AvgIpc) is 3.43. The molecule has 8 nitrogen and oxygen atoms in total. The number of halogens is 2. The molecule has 0 radical (unpaired) electrons. The molecular formula is C27H23F2N5O3S2. The van der Waals surface area contributed by atoms with E-state index in [1.807, 2.05) is 13.8 Å². The third-order valence-electron chi connectivity index (χ3n) is 5.56. The molecule has 12 heteroatoms. The van der Waals surface area contributed by atoms with Crippen LogP contribution in [0.2, 0.25) is 0 Å². The quantitative estimate of drug-likeness (QED) is 0.281. The zero-order chi connectivity index (χ0) is 28.3. The highest BCUT2D eigenvalue weighted by Gasteiger charge is 2.21. The van der Waals surface area contributed by atoms with Crippen LogP contribution in [0.15, 0.2) is 70.1 Å². The Morgan fingerprint density at radius 2 is 1.77 bits per heavy atom. The highest BCUT2D eigenvalue weighted by Crippen LogP contribution is 2.31. The summed E-state index contributed by atoms with van der Waals surface area (Å²) in [4.78, 5) is 38.5. The Hall–Kier alpha value is -4.16. The van der Waals surface area contributed by atoms with E-state index in [4.69, 9.17) is 0 Å². The summed E-state index contributed by atoms with van der Waals surface area (Å²) in [7, 11) is -1.70. The number of pyridine rings is 1. The van der Waals surface area contributed by atoms with Crippen LogP contribution in [0.25, 0.3) is 28.0 Å². The second kappa shape index (κ2) is 11.7. The number of nitrogens with one attached hydrogen (secondary N) is 1. The van der Waals surface area contributed by atoms with Crippen molar-refractivity contribution in [1.82, 2.24) is 19.5 Å². The van der Waals surface area contributed by atoms with E-state index in [2.05, 4.69) is 20.3 Å². The third-order valence-corrected chi connectivity index (χ3v) is 6.94. The number of benzene rings is 2. The van der Waals surface area contributed by atoms with Crippen molar-refractivity contribution >= 4 is 44.2 Å². The summed E-state index contributed by atoms with van der Waals surface area (Å²) < 4.78 is 42.7. The van der Waals surface area contributed by atoms with Gasteiger partial charge in [0.2, 0.25) is 5.16 Å². The Bertz CT molecular complexity index is 1750. The molecule has 0 fully saturated rings. The fourth-order valence-electron chi connectivity index (χ4n) is 3.82. The van der Waals surface area contributed by atoms with Gasteiger partial charge in [-0.3, -0.25) is 23.7 Å². The van der Waals surface area contributed by atoms with Crippen molar-refractivity contribution < 1.29 is 17.8 Å². The van der Waals surface area contributed by atoms with Gasteiger partial charge in [-0.1, -0.05) is 26.0 Å². The van der Waals surface area contributed by atoms with Gasteiger partial charge in [0.05, 0.1) is 16.5 Å². The third kappa shape index (κ3) is 5.52. The summed E-state index contributed by atoms with van der Waals surface area (Å²) in [6.45, 7) is 5.79. The number of fused-ring (bicyclic) bond motifs is 1.